The van der Waals surface area contributed by atoms with Crippen LogP contribution in [0.5, 0.6) is 0 Å². The summed E-state index contributed by atoms with van der Waals surface area (Å²) in [5.74, 6) is -0.815. The second-order valence-corrected chi connectivity index (χ2v) is 3.99. The lowest BCUT2D eigenvalue weighted by Crippen LogP contribution is -2.31. The Kier molecular flexibility index (Phi) is 16.6. The van der Waals surface area contributed by atoms with Crippen molar-refractivity contribution in [1.82, 2.24) is 0 Å². The van der Waals surface area contributed by atoms with E-state index in [1.807, 2.05) is 36.4 Å². The molecule has 0 aliphatic heterocycles. The van der Waals surface area contributed by atoms with Crippen LogP contribution in [0.15, 0.2) is 36.4 Å². The molecule has 19 heavy (non-hydrogen) atoms. The molecule has 1 unspecified atom stereocenters. The van der Waals surface area contributed by atoms with Gasteiger partial charge in [-0.3, -0.25) is 13.9 Å². The van der Waals surface area contributed by atoms with Crippen LogP contribution in [0.1, 0.15) is 0 Å². The molecule has 5 N–H and O–H groups in total. The van der Waals surface area contributed by atoms with Gasteiger partial charge >= 0.3 is 16.4 Å². The third-order valence-electron chi connectivity index (χ3n) is 1.18. The molecule has 0 amide bonds. The highest BCUT2D eigenvalue weighted by molar-refractivity contribution is 7.80. The standard InChI is InChI=1S/C6H6.C3H7NO2S.ClH.H2O4S/c1-2-4-6-5-3-1;4-2(1-7)3(5)6;;1-5(2,3)4/h1-6H;2,7H,1,4H2,(H,5,6);1H;(H2,1,2,3,4). The SMILES string of the molecule is Cl.NC(CS)C(=O)O.O=S(=O)(O)O.c1ccccc1. The molecule has 0 saturated carbocycles. The lowest BCUT2D eigenvalue weighted by atomic mass is 10.4. The third kappa shape index (κ3) is 31.7. The Morgan fingerprint density at radius 1 is 1.11 bits per heavy atom. The number of carboxylic acid groups (broad SMARTS) is 1. The summed E-state index contributed by atoms with van der Waals surface area (Å²) in [5.41, 5.74) is 4.94. The van der Waals surface area contributed by atoms with Crippen LogP contribution in [0.4, 0.5) is 0 Å². The fraction of sp³-hybridized carbons (Fsp3) is 0.222. The van der Waals surface area contributed by atoms with E-state index in [9.17, 15) is 4.79 Å². The van der Waals surface area contributed by atoms with Crippen molar-refractivity contribution in [2.75, 3.05) is 5.75 Å². The predicted octanol–water partition coefficient (Wildman–Crippen LogP) is 0.784. The zero-order valence-electron chi connectivity index (χ0n) is 9.66. The Morgan fingerprint density at radius 3 is 1.37 bits per heavy atom. The van der Waals surface area contributed by atoms with Crippen LogP contribution in [0.3, 0.4) is 0 Å². The lowest BCUT2D eigenvalue weighted by Gasteiger charge is -1.96. The van der Waals surface area contributed by atoms with Crippen LogP contribution in [0, 0.1) is 0 Å². The number of rotatable bonds is 2. The first kappa shape index (κ1) is 23.3. The van der Waals surface area contributed by atoms with Gasteiger partial charge in [0.05, 0.1) is 0 Å². The minimum atomic E-state index is -4.67. The van der Waals surface area contributed by atoms with Gasteiger partial charge in [-0.05, 0) is 0 Å². The van der Waals surface area contributed by atoms with Crippen LogP contribution in [-0.4, -0.2) is 40.4 Å². The highest BCUT2D eigenvalue weighted by atomic mass is 35.5. The fourth-order valence-corrected chi connectivity index (χ4v) is 0.619. The normalized spacial score (nSPS) is 10.5. The molecule has 0 fully saturated rings. The largest absolute Gasteiger partial charge is 0.480 e. The van der Waals surface area contributed by atoms with Gasteiger partial charge in [0.15, 0.2) is 0 Å². The van der Waals surface area contributed by atoms with E-state index >= 15 is 0 Å². The van der Waals surface area contributed by atoms with Crippen molar-refractivity contribution in [1.29, 1.82) is 0 Å². The molecule has 0 radical (unpaired) electrons. The molecule has 1 aromatic carbocycles. The number of thiol groups is 1. The molecule has 0 aromatic heterocycles. The summed E-state index contributed by atoms with van der Waals surface area (Å²) in [6.07, 6.45) is 0. The van der Waals surface area contributed by atoms with E-state index in [0.717, 1.165) is 0 Å². The highest BCUT2D eigenvalue weighted by Gasteiger charge is 2.06. The van der Waals surface area contributed by atoms with Gasteiger partial charge in [0, 0.05) is 5.75 Å². The third-order valence-corrected chi connectivity index (χ3v) is 1.57. The summed E-state index contributed by atoms with van der Waals surface area (Å²) in [4.78, 5) is 9.76. The van der Waals surface area contributed by atoms with Crippen molar-refractivity contribution in [3.8, 4) is 0 Å². The number of carbonyl (C=O) groups is 1. The number of hydrogen-bond donors (Lipinski definition) is 5. The van der Waals surface area contributed by atoms with Gasteiger partial charge in [0.2, 0.25) is 0 Å². The molecule has 10 heteroatoms. The number of halogens is 1. The Morgan fingerprint density at radius 2 is 1.32 bits per heavy atom. The summed E-state index contributed by atoms with van der Waals surface area (Å²) < 4.78 is 31.6. The first-order valence-corrected chi connectivity index (χ1v) is 6.50. The quantitative estimate of drug-likeness (QED) is 0.398. The van der Waals surface area contributed by atoms with Crippen LogP contribution < -0.4 is 5.73 Å². The molecule has 0 aliphatic rings. The summed E-state index contributed by atoms with van der Waals surface area (Å²) in [6, 6.07) is 11.2. The van der Waals surface area contributed by atoms with E-state index in [1.54, 1.807) is 0 Å². The molecular weight excluding hydrogens is 318 g/mol. The Balaban J connectivity index is -0.000000200. The van der Waals surface area contributed by atoms with Crippen molar-refractivity contribution in [3.63, 3.8) is 0 Å². The topological polar surface area (TPSA) is 138 Å². The maximum absolute atomic E-state index is 9.76. The van der Waals surface area contributed by atoms with Gasteiger partial charge in [0.25, 0.3) is 0 Å². The van der Waals surface area contributed by atoms with Crippen LogP contribution >= 0.6 is 25.0 Å². The zero-order chi connectivity index (χ0) is 14.6. The fourth-order valence-electron chi connectivity index (χ4n) is 0.463. The molecule has 7 nitrogen and oxygen atoms in total. The van der Waals surface area contributed by atoms with Gasteiger partial charge in [0.1, 0.15) is 6.04 Å². The first-order chi connectivity index (χ1) is 8.18. The molecule has 1 aromatic rings. The number of carboxylic acids is 1. The Labute approximate surface area is 123 Å². The number of aliphatic carboxylic acids is 1. The van der Waals surface area contributed by atoms with E-state index in [1.165, 1.54) is 0 Å². The van der Waals surface area contributed by atoms with Crippen LogP contribution in [0.2, 0.25) is 0 Å². The Hall–Kier alpha value is -0.840. The van der Waals surface area contributed by atoms with E-state index in [-0.39, 0.29) is 18.2 Å². The number of nitrogens with two attached hydrogens (primary N) is 1. The smallest absolute Gasteiger partial charge is 0.394 e. The average molecular weight is 334 g/mol. The van der Waals surface area contributed by atoms with Gasteiger partial charge < -0.3 is 10.8 Å². The summed E-state index contributed by atoms with van der Waals surface area (Å²) in [5, 5.41) is 8.01. The maximum atomic E-state index is 9.76. The van der Waals surface area contributed by atoms with Crippen LogP contribution in [0.25, 0.3) is 0 Å². The van der Waals surface area contributed by atoms with Gasteiger partial charge in [-0.15, -0.1) is 12.4 Å². The molecule has 0 aliphatic carbocycles. The molecule has 0 saturated heterocycles. The van der Waals surface area contributed by atoms with Crippen LogP contribution in [-0.2, 0) is 15.2 Å². The highest BCUT2D eigenvalue weighted by Crippen LogP contribution is 1.80. The van der Waals surface area contributed by atoms with Crippen molar-refractivity contribution < 1.29 is 27.4 Å². The van der Waals surface area contributed by atoms with E-state index < -0.39 is 22.4 Å². The minimum absolute atomic E-state index is 0. The zero-order valence-corrected chi connectivity index (χ0v) is 12.2. The molecule has 0 spiro atoms. The van der Waals surface area contributed by atoms with Gasteiger partial charge in [-0.25, -0.2) is 0 Å². The molecule has 0 heterocycles. The van der Waals surface area contributed by atoms with Gasteiger partial charge in [-0.1, -0.05) is 36.4 Å². The summed E-state index contributed by atoms with van der Waals surface area (Å²) in [7, 11) is -4.67. The first-order valence-electron chi connectivity index (χ1n) is 4.47. The monoisotopic (exact) mass is 333 g/mol. The number of benzene rings is 1. The van der Waals surface area contributed by atoms with Crippen molar-refractivity contribution in [2.45, 2.75) is 6.04 Å². The van der Waals surface area contributed by atoms with E-state index in [0.29, 0.717) is 0 Å². The lowest BCUT2D eigenvalue weighted by molar-refractivity contribution is -0.137. The molecule has 112 valence electrons. The summed E-state index contributed by atoms with van der Waals surface area (Å²) in [6.45, 7) is 0. The second-order valence-electron chi connectivity index (χ2n) is 2.73. The summed E-state index contributed by atoms with van der Waals surface area (Å²) >= 11 is 3.65. The van der Waals surface area contributed by atoms with E-state index in [4.69, 9.17) is 28.4 Å². The minimum Gasteiger partial charge on any atom is -0.480 e. The van der Waals surface area contributed by atoms with Crippen molar-refractivity contribution >= 4 is 41.4 Å². The van der Waals surface area contributed by atoms with Gasteiger partial charge in [-0.2, -0.15) is 21.0 Å². The molecule has 1 rings (SSSR count). The average Bonchev–Trinajstić information content (AvgIpc) is 2.29. The Bertz CT molecular complexity index is 379. The molecular formula is C9H16ClNO6S2. The van der Waals surface area contributed by atoms with Crippen molar-refractivity contribution in [2.24, 2.45) is 5.73 Å². The number of hydrogen-bond acceptors (Lipinski definition) is 5. The maximum Gasteiger partial charge on any atom is 0.394 e. The van der Waals surface area contributed by atoms with E-state index in [2.05, 4.69) is 12.6 Å². The predicted molar refractivity (Wildman–Crippen MR) is 77.3 cm³/mol. The second kappa shape index (κ2) is 13.6. The van der Waals surface area contributed by atoms with Crippen molar-refractivity contribution in [3.05, 3.63) is 36.4 Å². The molecule has 1 atom stereocenters. The molecule has 0 bridgehead atoms.